The molecule has 0 atom stereocenters. The molecule has 130 valence electrons. The van der Waals surface area contributed by atoms with E-state index < -0.39 is 6.09 Å². The van der Waals surface area contributed by atoms with E-state index in [1.807, 2.05) is 12.3 Å². The average molecular weight is 329 g/mol. The van der Waals surface area contributed by atoms with Crippen LogP contribution in [0, 0.1) is 5.92 Å². The van der Waals surface area contributed by atoms with E-state index in [-0.39, 0.29) is 5.41 Å². The molecule has 1 aliphatic rings. The molecule has 2 heterocycles. The number of anilines is 1. The van der Waals surface area contributed by atoms with Gasteiger partial charge in [0.15, 0.2) is 0 Å². The summed E-state index contributed by atoms with van der Waals surface area (Å²) in [5, 5.41) is 11.3. The van der Waals surface area contributed by atoms with E-state index in [2.05, 4.69) is 30.5 Å². The lowest BCUT2D eigenvalue weighted by Gasteiger charge is -2.24. The van der Waals surface area contributed by atoms with Crippen LogP contribution in [0.25, 0.3) is 5.65 Å². The number of pyridine rings is 1. The summed E-state index contributed by atoms with van der Waals surface area (Å²) >= 11 is 0. The summed E-state index contributed by atoms with van der Waals surface area (Å²) in [7, 11) is 0. The number of carboxylic acid groups (broad SMARTS) is 1. The summed E-state index contributed by atoms with van der Waals surface area (Å²) in [6.45, 7) is 6.57. The highest BCUT2D eigenvalue weighted by Crippen LogP contribution is 2.32. The molecule has 1 aliphatic carbocycles. The van der Waals surface area contributed by atoms with Crippen LogP contribution >= 0.6 is 0 Å². The Bertz CT molecular complexity index is 737. The normalized spacial score (nSPS) is 16.5. The largest absolute Gasteiger partial charge is 0.465 e. The number of imidazole rings is 1. The van der Waals surface area contributed by atoms with Crippen LogP contribution in [-0.2, 0) is 11.8 Å². The molecule has 24 heavy (non-hydrogen) atoms. The van der Waals surface area contributed by atoms with Crippen molar-refractivity contribution in [2.24, 2.45) is 5.92 Å². The lowest BCUT2D eigenvalue weighted by molar-refractivity contribution is 0.210. The number of fused-ring (bicyclic) bond motifs is 1. The molecule has 0 saturated heterocycles. The van der Waals surface area contributed by atoms with E-state index in [4.69, 9.17) is 10.1 Å². The topological polar surface area (TPSA) is 66.6 Å². The second-order valence-corrected chi connectivity index (χ2v) is 7.94. The molecule has 0 unspecified atom stereocenters. The van der Waals surface area contributed by atoms with Crippen LogP contribution in [-0.4, -0.2) is 20.6 Å². The van der Waals surface area contributed by atoms with Crippen LogP contribution in [0.15, 0.2) is 18.3 Å². The highest BCUT2D eigenvalue weighted by Gasteiger charge is 2.26. The number of rotatable bonds is 3. The number of hydrogen-bond donors (Lipinski definition) is 2. The Morgan fingerprint density at radius 1 is 1.33 bits per heavy atom. The van der Waals surface area contributed by atoms with Gasteiger partial charge in [0, 0.05) is 29.1 Å². The van der Waals surface area contributed by atoms with Crippen LogP contribution in [0.3, 0.4) is 0 Å². The Labute approximate surface area is 143 Å². The SMILES string of the molecule is CC(C)(C)c1nc2cc(NC(=O)O)ccn2c1CC1CCCCC1. The van der Waals surface area contributed by atoms with E-state index in [9.17, 15) is 4.79 Å². The van der Waals surface area contributed by atoms with Crippen molar-refractivity contribution in [2.75, 3.05) is 5.32 Å². The monoisotopic (exact) mass is 329 g/mol. The van der Waals surface area contributed by atoms with Gasteiger partial charge in [-0.3, -0.25) is 5.32 Å². The van der Waals surface area contributed by atoms with Crippen molar-refractivity contribution in [1.29, 1.82) is 0 Å². The highest BCUT2D eigenvalue weighted by molar-refractivity contribution is 5.83. The van der Waals surface area contributed by atoms with E-state index in [0.717, 1.165) is 23.7 Å². The molecule has 0 aliphatic heterocycles. The third-order valence-electron chi connectivity index (χ3n) is 4.89. The Hall–Kier alpha value is -2.04. The van der Waals surface area contributed by atoms with Gasteiger partial charge < -0.3 is 9.51 Å². The average Bonchev–Trinajstić information content (AvgIpc) is 2.86. The fourth-order valence-corrected chi connectivity index (χ4v) is 3.76. The molecule has 2 aromatic rings. The minimum atomic E-state index is -1.05. The summed E-state index contributed by atoms with van der Waals surface area (Å²) in [5.74, 6) is 0.733. The molecule has 0 radical (unpaired) electrons. The van der Waals surface area contributed by atoms with E-state index >= 15 is 0 Å². The van der Waals surface area contributed by atoms with Gasteiger partial charge in [-0.05, 0) is 18.4 Å². The first kappa shape index (κ1) is 16.8. The summed E-state index contributed by atoms with van der Waals surface area (Å²) in [5.41, 5.74) is 3.75. The summed E-state index contributed by atoms with van der Waals surface area (Å²) in [6.07, 6.45) is 8.58. The van der Waals surface area contributed by atoms with Gasteiger partial charge in [0.05, 0.1) is 5.69 Å². The fraction of sp³-hybridized carbons (Fsp3) is 0.579. The minimum Gasteiger partial charge on any atom is -0.465 e. The standard InChI is InChI=1S/C19H27N3O2/c1-19(2,3)17-15(11-13-7-5-4-6-8-13)22-10-9-14(20-18(23)24)12-16(22)21-17/h9-10,12-13,20H,4-8,11H2,1-3H3,(H,23,24). The summed E-state index contributed by atoms with van der Waals surface area (Å²) in [4.78, 5) is 15.7. The molecule has 5 nitrogen and oxygen atoms in total. The maximum atomic E-state index is 10.9. The second kappa shape index (κ2) is 6.46. The van der Waals surface area contributed by atoms with Gasteiger partial charge in [0.25, 0.3) is 0 Å². The molecule has 2 aromatic heterocycles. The predicted octanol–water partition coefficient (Wildman–Crippen LogP) is 4.84. The first-order valence-corrected chi connectivity index (χ1v) is 8.86. The minimum absolute atomic E-state index is 0.0313. The first-order chi connectivity index (χ1) is 11.3. The maximum absolute atomic E-state index is 10.9. The van der Waals surface area contributed by atoms with E-state index in [1.54, 1.807) is 6.07 Å². The van der Waals surface area contributed by atoms with Gasteiger partial charge in [-0.15, -0.1) is 0 Å². The Balaban J connectivity index is 2.01. The maximum Gasteiger partial charge on any atom is 0.409 e. The van der Waals surface area contributed by atoms with Crippen molar-refractivity contribution in [3.8, 4) is 0 Å². The number of amides is 1. The zero-order valence-electron chi connectivity index (χ0n) is 14.8. The molecular formula is C19H27N3O2. The number of nitrogens with zero attached hydrogens (tertiary/aromatic N) is 2. The highest BCUT2D eigenvalue weighted by atomic mass is 16.4. The second-order valence-electron chi connectivity index (χ2n) is 7.94. The van der Waals surface area contributed by atoms with Crippen molar-refractivity contribution in [3.05, 3.63) is 29.7 Å². The number of nitrogens with one attached hydrogen (secondary N) is 1. The van der Waals surface area contributed by atoms with Crippen LogP contribution < -0.4 is 5.32 Å². The van der Waals surface area contributed by atoms with Crippen LogP contribution in [0.4, 0.5) is 10.5 Å². The van der Waals surface area contributed by atoms with Gasteiger partial charge in [0.2, 0.25) is 0 Å². The smallest absolute Gasteiger partial charge is 0.409 e. The van der Waals surface area contributed by atoms with Crippen LogP contribution in [0.5, 0.6) is 0 Å². The first-order valence-electron chi connectivity index (χ1n) is 8.86. The molecule has 2 N–H and O–H groups in total. The molecule has 0 spiro atoms. The Morgan fingerprint density at radius 2 is 2.04 bits per heavy atom. The van der Waals surface area contributed by atoms with Gasteiger partial charge in [-0.25, -0.2) is 9.78 Å². The fourth-order valence-electron chi connectivity index (χ4n) is 3.76. The van der Waals surface area contributed by atoms with Crippen molar-refractivity contribution < 1.29 is 9.90 Å². The molecule has 1 fully saturated rings. The molecule has 3 rings (SSSR count). The third-order valence-corrected chi connectivity index (χ3v) is 4.89. The van der Waals surface area contributed by atoms with Crippen molar-refractivity contribution in [3.63, 3.8) is 0 Å². The number of aromatic nitrogens is 2. The molecule has 0 bridgehead atoms. The summed E-state index contributed by atoms with van der Waals surface area (Å²) < 4.78 is 2.14. The third kappa shape index (κ3) is 3.55. The van der Waals surface area contributed by atoms with E-state index in [1.165, 1.54) is 37.8 Å². The predicted molar refractivity (Wildman–Crippen MR) is 95.8 cm³/mol. The molecule has 5 heteroatoms. The molecule has 1 saturated carbocycles. The summed E-state index contributed by atoms with van der Waals surface area (Å²) in [6, 6.07) is 3.62. The zero-order valence-corrected chi connectivity index (χ0v) is 14.8. The van der Waals surface area contributed by atoms with Gasteiger partial charge >= 0.3 is 6.09 Å². The lowest BCUT2D eigenvalue weighted by atomic mass is 9.83. The van der Waals surface area contributed by atoms with Gasteiger partial charge in [0.1, 0.15) is 5.65 Å². The zero-order chi connectivity index (χ0) is 17.3. The van der Waals surface area contributed by atoms with E-state index in [0.29, 0.717) is 5.69 Å². The van der Waals surface area contributed by atoms with Crippen LogP contribution in [0.2, 0.25) is 0 Å². The van der Waals surface area contributed by atoms with Crippen molar-refractivity contribution in [1.82, 2.24) is 9.38 Å². The Morgan fingerprint density at radius 3 is 2.67 bits per heavy atom. The van der Waals surface area contributed by atoms with Gasteiger partial charge in [-0.2, -0.15) is 0 Å². The van der Waals surface area contributed by atoms with Crippen LogP contribution in [0.1, 0.15) is 64.3 Å². The molecular weight excluding hydrogens is 302 g/mol. The molecule has 1 amide bonds. The van der Waals surface area contributed by atoms with Crippen molar-refractivity contribution >= 4 is 17.4 Å². The van der Waals surface area contributed by atoms with Crippen molar-refractivity contribution in [2.45, 2.75) is 64.7 Å². The number of carbonyl (C=O) groups is 1. The Kier molecular flexibility index (Phi) is 4.52. The quantitative estimate of drug-likeness (QED) is 0.846. The lowest BCUT2D eigenvalue weighted by Crippen LogP contribution is -2.18. The van der Waals surface area contributed by atoms with Gasteiger partial charge in [-0.1, -0.05) is 52.9 Å². The number of hydrogen-bond acceptors (Lipinski definition) is 2. The molecule has 0 aromatic carbocycles.